The van der Waals surface area contributed by atoms with Crippen LogP contribution in [-0.4, -0.2) is 13.6 Å². The lowest BCUT2D eigenvalue weighted by Crippen LogP contribution is -2.26. The molecule has 1 unspecified atom stereocenters. The summed E-state index contributed by atoms with van der Waals surface area (Å²) in [6.07, 6.45) is 1.90. The van der Waals surface area contributed by atoms with Crippen LogP contribution in [0.3, 0.4) is 0 Å². The van der Waals surface area contributed by atoms with E-state index in [1.165, 1.54) is 44.2 Å². The minimum Gasteiger partial charge on any atom is -0.319 e. The number of rotatable bonds is 4. The Bertz CT molecular complexity index is 405. The molecule has 1 aliphatic carbocycles. The maximum absolute atomic E-state index is 12.6. The van der Waals surface area contributed by atoms with Crippen LogP contribution in [0.25, 0.3) is 0 Å². The van der Waals surface area contributed by atoms with Crippen LogP contribution in [0.2, 0.25) is 0 Å². The maximum Gasteiger partial charge on any atom is 0.416 e. The second-order valence-corrected chi connectivity index (χ2v) is 5.68. The van der Waals surface area contributed by atoms with Crippen molar-refractivity contribution < 1.29 is 13.2 Å². The molecule has 0 bridgehead atoms. The van der Waals surface area contributed by atoms with Crippen molar-refractivity contribution >= 4 is 0 Å². The first-order chi connectivity index (χ1) is 9.52. The molecule has 1 fully saturated rings. The monoisotopic (exact) mass is 285 g/mol. The summed E-state index contributed by atoms with van der Waals surface area (Å²) in [6.45, 7) is 0.829. The first-order valence-corrected chi connectivity index (χ1v) is 7.34. The van der Waals surface area contributed by atoms with Crippen LogP contribution in [-0.2, 0) is 6.18 Å². The second kappa shape index (κ2) is 6.61. The number of hydrogen-bond acceptors (Lipinski definition) is 1. The van der Waals surface area contributed by atoms with Gasteiger partial charge in [-0.25, -0.2) is 0 Å². The zero-order valence-electron chi connectivity index (χ0n) is 11.8. The van der Waals surface area contributed by atoms with Crippen LogP contribution in [0.15, 0.2) is 24.3 Å². The van der Waals surface area contributed by atoms with E-state index in [1.807, 2.05) is 7.05 Å². The van der Waals surface area contributed by atoms with Gasteiger partial charge in [-0.2, -0.15) is 13.2 Å². The molecule has 0 amide bonds. The molecule has 1 aliphatic rings. The molecule has 0 radical (unpaired) electrons. The summed E-state index contributed by atoms with van der Waals surface area (Å²) in [4.78, 5) is 0. The maximum atomic E-state index is 12.6. The Hall–Kier alpha value is -1.03. The van der Waals surface area contributed by atoms with Crippen LogP contribution in [0.1, 0.15) is 49.1 Å². The van der Waals surface area contributed by atoms with Crippen LogP contribution >= 0.6 is 0 Å². The molecule has 0 heterocycles. The lowest BCUT2D eigenvalue weighted by atomic mass is 9.76. The summed E-state index contributed by atoms with van der Waals surface area (Å²) < 4.78 is 37.8. The highest BCUT2D eigenvalue weighted by molar-refractivity contribution is 5.28. The van der Waals surface area contributed by atoms with E-state index in [2.05, 4.69) is 5.32 Å². The van der Waals surface area contributed by atoms with E-state index in [1.54, 1.807) is 12.1 Å². The van der Waals surface area contributed by atoms with Crippen molar-refractivity contribution in [2.45, 2.75) is 44.2 Å². The highest BCUT2D eigenvalue weighted by atomic mass is 19.4. The summed E-state index contributed by atoms with van der Waals surface area (Å²) in [7, 11) is 1.90. The lowest BCUT2D eigenvalue weighted by Gasteiger charge is -2.30. The smallest absolute Gasteiger partial charge is 0.319 e. The lowest BCUT2D eigenvalue weighted by molar-refractivity contribution is -0.137. The summed E-state index contributed by atoms with van der Waals surface area (Å²) in [6, 6.07) is 5.72. The van der Waals surface area contributed by atoms with Crippen molar-refractivity contribution in [2.75, 3.05) is 13.6 Å². The fourth-order valence-electron chi connectivity index (χ4n) is 3.23. The van der Waals surface area contributed by atoms with Gasteiger partial charge in [0, 0.05) is 6.54 Å². The molecule has 0 aliphatic heterocycles. The normalized spacial score (nSPS) is 19.0. The fourth-order valence-corrected chi connectivity index (χ4v) is 3.23. The van der Waals surface area contributed by atoms with Gasteiger partial charge in [0.1, 0.15) is 0 Å². The Morgan fingerprint density at radius 1 is 1.10 bits per heavy atom. The van der Waals surface area contributed by atoms with Crippen LogP contribution in [0.5, 0.6) is 0 Å². The van der Waals surface area contributed by atoms with E-state index in [0.29, 0.717) is 11.8 Å². The average molecular weight is 285 g/mol. The first-order valence-electron chi connectivity index (χ1n) is 7.34. The van der Waals surface area contributed by atoms with Crippen molar-refractivity contribution in [1.82, 2.24) is 5.32 Å². The van der Waals surface area contributed by atoms with Gasteiger partial charge in [-0.3, -0.25) is 0 Å². The molecule has 1 nitrogen and oxygen atoms in total. The van der Waals surface area contributed by atoms with Gasteiger partial charge in [-0.05, 0) is 49.4 Å². The summed E-state index contributed by atoms with van der Waals surface area (Å²) in [5.74, 6) is 0.913. The molecule has 4 heteroatoms. The van der Waals surface area contributed by atoms with Crippen molar-refractivity contribution in [3.8, 4) is 0 Å². The molecule has 0 spiro atoms. The van der Waals surface area contributed by atoms with Gasteiger partial charge in [0.15, 0.2) is 0 Å². The average Bonchev–Trinajstić information content (AvgIpc) is 2.45. The Labute approximate surface area is 118 Å². The van der Waals surface area contributed by atoms with Gasteiger partial charge in [0.2, 0.25) is 0 Å². The number of alkyl halides is 3. The van der Waals surface area contributed by atoms with Crippen molar-refractivity contribution in [3.05, 3.63) is 35.4 Å². The molecule has 1 aromatic rings. The molecular formula is C16H22F3N. The van der Waals surface area contributed by atoms with E-state index in [9.17, 15) is 13.2 Å². The minimum absolute atomic E-state index is 0.322. The molecule has 0 aromatic heterocycles. The zero-order chi connectivity index (χ0) is 14.6. The Balaban J connectivity index is 2.16. The topological polar surface area (TPSA) is 12.0 Å². The summed E-state index contributed by atoms with van der Waals surface area (Å²) in [5, 5.41) is 3.19. The highest BCUT2D eigenvalue weighted by Gasteiger charge is 2.31. The molecule has 1 saturated carbocycles. The number of hydrogen-bond donors (Lipinski definition) is 1. The Kier molecular flexibility index (Phi) is 5.08. The van der Waals surface area contributed by atoms with E-state index in [4.69, 9.17) is 0 Å². The van der Waals surface area contributed by atoms with E-state index < -0.39 is 11.7 Å². The summed E-state index contributed by atoms with van der Waals surface area (Å²) in [5.41, 5.74) is 0.465. The zero-order valence-corrected chi connectivity index (χ0v) is 11.8. The third kappa shape index (κ3) is 3.75. The molecule has 1 atom stereocenters. The number of benzene rings is 1. The number of nitrogens with one attached hydrogen (secondary N) is 1. The van der Waals surface area contributed by atoms with Crippen LogP contribution < -0.4 is 5.32 Å². The third-order valence-electron chi connectivity index (χ3n) is 4.31. The molecular weight excluding hydrogens is 263 g/mol. The second-order valence-electron chi connectivity index (χ2n) is 5.68. The predicted molar refractivity (Wildman–Crippen MR) is 74.7 cm³/mol. The molecule has 1 aromatic carbocycles. The number of halogens is 3. The van der Waals surface area contributed by atoms with E-state index in [-0.39, 0.29) is 0 Å². The van der Waals surface area contributed by atoms with Gasteiger partial charge in [-0.15, -0.1) is 0 Å². The minimum atomic E-state index is -4.25. The largest absolute Gasteiger partial charge is 0.416 e. The van der Waals surface area contributed by atoms with E-state index in [0.717, 1.165) is 12.1 Å². The van der Waals surface area contributed by atoms with Crippen molar-refractivity contribution in [3.63, 3.8) is 0 Å². The van der Waals surface area contributed by atoms with Crippen molar-refractivity contribution in [2.24, 2.45) is 5.92 Å². The van der Waals surface area contributed by atoms with Crippen molar-refractivity contribution in [1.29, 1.82) is 0 Å². The SMILES string of the molecule is CNCC(c1ccc(C(F)(F)F)cc1)C1CCCCC1. The van der Waals surface area contributed by atoms with Crippen LogP contribution in [0, 0.1) is 5.92 Å². The molecule has 1 N–H and O–H groups in total. The Morgan fingerprint density at radius 3 is 2.20 bits per heavy atom. The standard InChI is InChI=1S/C16H22F3N/c1-20-11-15(12-5-3-2-4-6-12)13-7-9-14(10-8-13)16(17,18)19/h7-10,12,15,20H,2-6,11H2,1H3. The van der Waals surface area contributed by atoms with E-state index >= 15 is 0 Å². The molecule has 2 rings (SSSR count). The highest BCUT2D eigenvalue weighted by Crippen LogP contribution is 2.37. The van der Waals surface area contributed by atoms with Gasteiger partial charge >= 0.3 is 6.18 Å². The van der Waals surface area contributed by atoms with Gasteiger partial charge in [-0.1, -0.05) is 31.4 Å². The van der Waals surface area contributed by atoms with Gasteiger partial charge in [0.05, 0.1) is 5.56 Å². The predicted octanol–water partition coefficient (Wildman–Crippen LogP) is 4.59. The Morgan fingerprint density at radius 2 is 1.70 bits per heavy atom. The summed E-state index contributed by atoms with van der Waals surface area (Å²) >= 11 is 0. The number of likely N-dealkylation sites (N-methyl/N-ethyl adjacent to an activating group) is 1. The molecule has 0 saturated heterocycles. The fraction of sp³-hybridized carbons (Fsp3) is 0.625. The van der Waals surface area contributed by atoms with Crippen LogP contribution in [0.4, 0.5) is 13.2 Å². The molecule has 20 heavy (non-hydrogen) atoms. The third-order valence-corrected chi connectivity index (χ3v) is 4.31. The van der Waals surface area contributed by atoms with Gasteiger partial charge < -0.3 is 5.32 Å². The first kappa shape index (κ1) is 15.4. The van der Waals surface area contributed by atoms with Gasteiger partial charge in [0.25, 0.3) is 0 Å². The molecule has 112 valence electrons. The quantitative estimate of drug-likeness (QED) is 0.853.